The molecule has 0 saturated carbocycles. The van der Waals surface area contributed by atoms with Crippen molar-refractivity contribution in [1.82, 2.24) is 10.4 Å². The lowest BCUT2D eigenvalue weighted by Crippen LogP contribution is -2.58. The average molecular weight is 573 g/mol. The summed E-state index contributed by atoms with van der Waals surface area (Å²) >= 11 is 12.8. The lowest BCUT2D eigenvalue weighted by Gasteiger charge is -2.41. The maximum Gasteiger partial charge on any atom is 0.325 e. The molecular weight excluding hydrogens is 529 g/mol. The first-order valence-corrected chi connectivity index (χ1v) is 14.5. The van der Waals surface area contributed by atoms with Gasteiger partial charge in [0, 0.05) is 28.0 Å². The highest BCUT2D eigenvalue weighted by Gasteiger charge is 2.61. The Balaban J connectivity index is 2.26. The molecule has 2 aromatic carbocycles. The zero-order valence-electron chi connectivity index (χ0n) is 24.7. The first-order valence-electron chi connectivity index (χ1n) is 13.7. The number of hydrogen-bond acceptors (Lipinski definition) is 5. The van der Waals surface area contributed by atoms with Crippen molar-refractivity contribution < 1.29 is 9.53 Å². The Morgan fingerprint density at radius 1 is 1.08 bits per heavy atom. The molecule has 5 nitrogen and oxygen atoms in total. The minimum Gasteiger partial charge on any atom is -0.459 e. The lowest BCUT2D eigenvalue weighted by molar-refractivity contribution is -0.161. The summed E-state index contributed by atoms with van der Waals surface area (Å²) in [6.45, 7) is 18.3. The van der Waals surface area contributed by atoms with Crippen LogP contribution in [0.1, 0.15) is 85.8 Å². The van der Waals surface area contributed by atoms with Gasteiger partial charge in [-0.15, -0.1) is 0 Å². The third-order valence-electron chi connectivity index (χ3n) is 7.41. The molecule has 0 unspecified atom stereocenters. The number of nitriles is 1. The molecule has 1 heterocycles. The van der Waals surface area contributed by atoms with Gasteiger partial charge in [-0.1, -0.05) is 82.1 Å². The molecule has 7 heteroatoms. The number of ether oxygens (including phenoxy) is 1. The fourth-order valence-corrected chi connectivity index (χ4v) is 6.17. The van der Waals surface area contributed by atoms with Crippen LogP contribution in [0.2, 0.25) is 10.0 Å². The third kappa shape index (κ3) is 6.98. The second-order valence-corrected chi connectivity index (χ2v) is 14.2. The number of nitrogens with zero attached hydrogens (tertiary/aromatic N) is 2. The van der Waals surface area contributed by atoms with E-state index in [0.29, 0.717) is 16.5 Å². The molecule has 0 aliphatic carbocycles. The average Bonchev–Trinajstić information content (AvgIpc) is 3.02. The Bertz CT molecular complexity index is 1190. The molecular formula is C32H43Cl2N3O2. The second-order valence-electron chi connectivity index (χ2n) is 13.3. The zero-order chi connectivity index (χ0) is 29.3. The minimum absolute atomic E-state index is 0.0421. The van der Waals surface area contributed by atoms with Gasteiger partial charge in [0.25, 0.3) is 0 Å². The Hall–Kier alpha value is -2.10. The number of nitrogens with one attached hydrogen (secondary N) is 1. The molecule has 1 aliphatic rings. The van der Waals surface area contributed by atoms with Crippen LogP contribution in [0.3, 0.4) is 0 Å². The summed E-state index contributed by atoms with van der Waals surface area (Å²) in [4.78, 5) is 13.4. The predicted molar refractivity (Wildman–Crippen MR) is 160 cm³/mol. The summed E-state index contributed by atoms with van der Waals surface area (Å²) in [6, 6.07) is 17.2. The molecule has 0 spiro atoms. The summed E-state index contributed by atoms with van der Waals surface area (Å²) in [6.07, 6.45) is 0.705. The van der Waals surface area contributed by atoms with Gasteiger partial charge in [0.05, 0.1) is 6.07 Å². The quantitative estimate of drug-likeness (QED) is 0.342. The van der Waals surface area contributed by atoms with E-state index in [4.69, 9.17) is 27.9 Å². The van der Waals surface area contributed by atoms with Crippen LogP contribution in [-0.4, -0.2) is 34.7 Å². The topological polar surface area (TPSA) is 65.4 Å². The van der Waals surface area contributed by atoms with Gasteiger partial charge in [-0.25, -0.2) is 10.4 Å². The van der Waals surface area contributed by atoms with Gasteiger partial charge in [-0.05, 0) is 80.8 Å². The van der Waals surface area contributed by atoms with E-state index < -0.39 is 17.1 Å². The Labute approximate surface area is 244 Å². The third-order valence-corrected chi connectivity index (χ3v) is 7.90. The van der Waals surface area contributed by atoms with E-state index in [-0.39, 0.29) is 35.3 Å². The monoisotopic (exact) mass is 571 g/mol. The first-order chi connectivity index (χ1) is 18.0. The number of rotatable bonds is 7. The van der Waals surface area contributed by atoms with Gasteiger partial charge in [0.15, 0.2) is 0 Å². The fraction of sp³-hybridized carbons (Fsp3) is 0.562. The van der Waals surface area contributed by atoms with Crippen LogP contribution in [0.5, 0.6) is 0 Å². The molecule has 0 bridgehead atoms. The van der Waals surface area contributed by atoms with Crippen molar-refractivity contribution in [1.29, 1.82) is 5.26 Å². The highest BCUT2D eigenvalue weighted by atomic mass is 35.5. The summed E-state index contributed by atoms with van der Waals surface area (Å²) in [5.74, 6) is -0.590. The van der Waals surface area contributed by atoms with Crippen molar-refractivity contribution in [2.24, 2.45) is 11.3 Å². The number of hydrogen-bond donors (Lipinski definition) is 1. The molecule has 3 rings (SSSR count). The van der Waals surface area contributed by atoms with Crippen molar-refractivity contribution in [3.8, 4) is 6.07 Å². The highest BCUT2D eigenvalue weighted by Crippen LogP contribution is 2.55. The van der Waals surface area contributed by atoms with Gasteiger partial charge >= 0.3 is 5.97 Å². The van der Waals surface area contributed by atoms with E-state index in [9.17, 15) is 10.1 Å². The number of benzene rings is 2. The van der Waals surface area contributed by atoms with Gasteiger partial charge in [0.2, 0.25) is 0 Å². The highest BCUT2D eigenvalue weighted by molar-refractivity contribution is 6.30. The van der Waals surface area contributed by atoms with E-state index in [1.165, 1.54) is 0 Å². The lowest BCUT2D eigenvalue weighted by atomic mass is 9.63. The maximum atomic E-state index is 13.4. The molecule has 39 heavy (non-hydrogen) atoms. The summed E-state index contributed by atoms with van der Waals surface area (Å²) in [5, 5.41) is 14.6. The van der Waals surface area contributed by atoms with Crippen molar-refractivity contribution in [3.63, 3.8) is 0 Å². The molecule has 1 fully saturated rings. The number of carbonyl (C=O) groups is 1. The number of hydrazine groups is 1. The van der Waals surface area contributed by atoms with Gasteiger partial charge in [0.1, 0.15) is 17.1 Å². The summed E-state index contributed by atoms with van der Waals surface area (Å²) in [7, 11) is 0. The van der Waals surface area contributed by atoms with Gasteiger partial charge in [-0.2, -0.15) is 5.26 Å². The molecule has 5 atom stereocenters. The van der Waals surface area contributed by atoms with Crippen LogP contribution in [-0.2, 0) is 14.9 Å². The molecule has 0 aromatic heterocycles. The second kappa shape index (κ2) is 11.8. The van der Waals surface area contributed by atoms with Crippen LogP contribution in [0.15, 0.2) is 48.5 Å². The first kappa shape index (κ1) is 31.4. The predicted octanol–water partition coefficient (Wildman–Crippen LogP) is 7.92. The van der Waals surface area contributed by atoms with Crippen molar-refractivity contribution in [2.75, 3.05) is 0 Å². The van der Waals surface area contributed by atoms with Crippen LogP contribution in [0.25, 0.3) is 0 Å². The van der Waals surface area contributed by atoms with Crippen molar-refractivity contribution in [3.05, 3.63) is 69.7 Å². The normalized spacial score (nSPS) is 24.9. The van der Waals surface area contributed by atoms with Crippen LogP contribution in [0.4, 0.5) is 0 Å². The summed E-state index contributed by atoms with van der Waals surface area (Å²) in [5.41, 5.74) is 3.79. The fourth-order valence-electron chi connectivity index (χ4n) is 5.85. The molecule has 1 N–H and O–H groups in total. The Kier molecular flexibility index (Phi) is 9.50. The van der Waals surface area contributed by atoms with Crippen LogP contribution >= 0.6 is 23.2 Å². The van der Waals surface area contributed by atoms with E-state index >= 15 is 0 Å². The van der Waals surface area contributed by atoms with Crippen molar-refractivity contribution in [2.45, 2.75) is 104 Å². The van der Waals surface area contributed by atoms with Gasteiger partial charge in [-0.3, -0.25) is 4.79 Å². The Morgan fingerprint density at radius 3 is 2.18 bits per heavy atom. The van der Waals surface area contributed by atoms with E-state index in [2.05, 4.69) is 44.2 Å². The standard InChI is InChI=1S/C32H43Cl2N3O2/c1-20(2)28(29(38)39-31(7,8)9)36-37-21(3)27(22-11-10-12-25(34)17-22)32(19-35,26(37)18-30(4,5)6)23-13-15-24(33)16-14-23/h10-17,20-21,26-28,36H,18H2,1-9H3/t21-,26+,27-,28+,32+/m1/s1. The number of esters is 1. The molecule has 0 amide bonds. The van der Waals surface area contributed by atoms with Crippen LogP contribution in [0, 0.1) is 22.7 Å². The largest absolute Gasteiger partial charge is 0.459 e. The van der Waals surface area contributed by atoms with Crippen LogP contribution < -0.4 is 5.43 Å². The molecule has 212 valence electrons. The van der Waals surface area contributed by atoms with Crippen molar-refractivity contribution >= 4 is 29.2 Å². The molecule has 1 saturated heterocycles. The number of halogens is 2. The van der Waals surface area contributed by atoms with E-state index in [1.807, 2.05) is 83.1 Å². The smallest absolute Gasteiger partial charge is 0.325 e. The minimum atomic E-state index is -0.954. The SMILES string of the molecule is CC(C)[C@H](NN1[C@H](C)[C@H](c2cccc(Cl)c2)[C@@](C#N)(c2ccc(Cl)cc2)[C@@H]1CC(C)(C)C)C(=O)OC(C)(C)C. The van der Waals surface area contributed by atoms with E-state index in [1.54, 1.807) is 0 Å². The van der Waals surface area contributed by atoms with E-state index in [0.717, 1.165) is 11.1 Å². The Morgan fingerprint density at radius 2 is 1.69 bits per heavy atom. The number of carbonyl (C=O) groups excluding carboxylic acids is 1. The molecule has 2 aromatic rings. The molecule has 0 radical (unpaired) electrons. The summed E-state index contributed by atoms with van der Waals surface area (Å²) < 4.78 is 5.82. The van der Waals surface area contributed by atoms with Gasteiger partial charge < -0.3 is 4.74 Å². The maximum absolute atomic E-state index is 13.4. The molecule has 1 aliphatic heterocycles. The zero-order valence-corrected chi connectivity index (χ0v) is 26.2.